The third kappa shape index (κ3) is 8.08. The van der Waals surface area contributed by atoms with E-state index < -0.39 is 11.9 Å². The molecule has 3 aromatic carbocycles. The first-order chi connectivity index (χ1) is 18.0. The molecule has 0 saturated heterocycles. The standard InChI is InChI=1S/C30H32ClFN2O2S/c31-24-15-17-26(18-16-24)37-21-29(35)34(20-23-11-7-8-14-27(23)32)28(19-22-9-3-1-4-10-22)30(36)33-25-12-5-2-6-13-25/h1,3-4,7-11,14-18,25,28H,2,5-6,12-13,19-21H2,(H,33,36). The van der Waals surface area contributed by atoms with Gasteiger partial charge in [-0.1, -0.05) is 79.4 Å². The highest BCUT2D eigenvalue weighted by molar-refractivity contribution is 8.00. The molecule has 1 N–H and O–H groups in total. The maximum Gasteiger partial charge on any atom is 0.243 e. The number of hydrogen-bond donors (Lipinski definition) is 1. The number of nitrogens with zero attached hydrogens (tertiary/aromatic N) is 1. The van der Waals surface area contributed by atoms with Crippen molar-refractivity contribution in [1.82, 2.24) is 10.2 Å². The largest absolute Gasteiger partial charge is 0.352 e. The van der Waals surface area contributed by atoms with Crippen molar-refractivity contribution in [3.63, 3.8) is 0 Å². The average molecular weight is 539 g/mol. The van der Waals surface area contributed by atoms with Crippen molar-refractivity contribution < 1.29 is 14.0 Å². The smallest absolute Gasteiger partial charge is 0.243 e. The summed E-state index contributed by atoms with van der Waals surface area (Å²) in [5.74, 6) is -0.672. The lowest BCUT2D eigenvalue weighted by Crippen LogP contribution is -2.53. The summed E-state index contributed by atoms with van der Waals surface area (Å²) in [6, 6.07) is 22.7. The molecule has 1 aliphatic carbocycles. The molecule has 3 aromatic rings. The van der Waals surface area contributed by atoms with Crippen molar-refractivity contribution in [2.75, 3.05) is 5.75 Å². The maximum atomic E-state index is 14.7. The Labute approximate surface area is 227 Å². The summed E-state index contributed by atoms with van der Waals surface area (Å²) in [6.45, 7) is 0.0161. The van der Waals surface area contributed by atoms with Gasteiger partial charge in [-0.25, -0.2) is 4.39 Å². The molecule has 194 valence electrons. The van der Waals surface area contributed by atoms with Crippen LogP contribution in [0, 0.1) is 5.82 Å². The first-order valence-electron chi connectivity index (χ1n) is 12.7. The van der Waals surface area contributed by atoms with E-state index in [9.17, 15) is 14.0 Å². The van der Waals surface area contributed by atoms with Gasteiger partial charge in [-0.3, -0.25) is 9.59 Å². The number of carbonyl (C=O) groups is 2. The van der Waals surface area contributed by atoms with E-state index in [0.717, 1.165) is 36.1 Å². The van der Waals surface area contributed by atoms with Crippen LogP contribution in [0.15, 0.2) is 83.8 Å². The van der Waals surface area contributed by atoms with E-state index in [1.807, 2.05) is 42.5 Å². The molecule has 0 aromatic heterocycles. The second-order valence-electron chi connectivity index (χ2n) is 9.40. The second-order valence-corrected chi connectivity index (χ2v) is 10.9. The first-order valence-corrected chi connectivity index (χ1v) is 14.1. The van der Waals surface area contributed by atoms with Crippen molar-refractivity contribution in [2.24, 2.45) is 0 Å². The van der Waals surface area contributed by atoms with Gasteiger partial charge in [0.2, 0.25) is 11.8 Å². The lowest BCUT2D eigenvalue weighted by atomic mass is 9.94. The Hall–Kier alpha value is -2.83. The van der Waals surface area contributed by atoms with Crippen LogP contribution < -0.4 is 5.32 Å². The quantitative estimate of drug-likeness (QED) is 0.294. The Kier molecular flexibility index (Phi) is 10.0. The van der Waals surface area contributed by atoms with E-state index in [0.29, 0.717) is 17.0 Å². The number of hydrogen-bond acceptors (Lipinski definition) is 3. The van der Waals surface area contributed by atoms with E-state index in [4.69, 9.17) is 11.6 Å². The van der Waals surface area contributed by atoms with Gasteiger partial charge in [-0.05, 0) is 48.7 Å². The van der Waals surface area contributed by atoms with Crippen molar-refractivity contribution in [3.05, 3.63) is 101 Å². The number of halogens is 2. The lowest BCUT2D eigenvalue weighted by molar-refractivity contribution is -0.139. The molecule has 0 spiro atoms. The number of nitrogens with one attached hydrogen (secondary N) is 1. The minimum Gasteiger partial charge on any atom is -0.352 e. The minimum absolute atomic E-state index is 0.0161. The van der Waals surface area contributed by atoms with Crippen LogP contribution in [0.3, 0.4) is 0 Å². The van der Waals surface area contributed by atoms with Crippen molar-refractivity contribution >= 4 is 35.2 Å². The van der Waals surface area contributed by atoms with Crippen LogP contribution in [-0.2, 0) is 22.6 Å². The van der Waals surface area contributed by atoms with Crippen LogP contribution in [0.5, 0.6) is 0 Å². The Balaban J connectivity index is 1.61. The maximum absolute atomic E-state index is 14.7. The van der Waals surface area contributed by atoms with Crippen molar-refractivity contribution in [3.8, 4) is 0 Å². The Morgan fingerprint density at radius 3 is 2.32 bits per heavy atom. The zero-order valence-corrected chi connectivity index (χ0v) is 22.3. The zero-order chi connectivity index (χ0) is 26.0. The molecule has 0 heterocycles. The lowest BCUT2D eigenvalue weighted by Gasteiger charge is -2.33. The first kappa shape index (κ1) is 27.2. The molecule has 4 rings (SSSR count). The highest BCUT2D eigenvalue weighted by Gasteiger charge is 2.32. The zero-order valence-electron chi connectivity index (χ0n) is 20.7. The molecule has 0 bridgehead atoms. The summed E-state index contributed by atoms with van der Waals surface area (Å²) in [4.78, 5) is 29.9. The van der Waals surface area contributed by atoms with Gasteiger partial charge in [0.1, 0.15) is 11.9 Å². The highest BCUT2D eigenvalue weighted by atomic mass is 35.5. The summed E-state index contributed by atoms with van der Waals surface area (Å²) >= 11 is 7.38. The summed E-state index contributed by atoms with van der Waals surface area (Å²) in [5.41, 5.74) is 1.33. The second kappa shape index (κ2) is 13.6. The third-order valence-corrected chi connectivity index (χ3v) is 7.95. The van der Waals surface area contributed by atoms with Crippen LogP contribution in [-0.4, -0.2) is 34.6 Å². The fourth-order valence-electron chi connectivity index (χ4n) is 4.67. The van der Waals surface area contributed by atoms with Gasteiger partial charge in [-0.2, -0.15) is 0 Å². The SMILES string of the molecule is O=C(NC1CCCCC1)C(Cc1ccccc1)N(Cc1ccccc1F)C(=O)CSc1ccc(Cl)cc1. The molecule has 0 radical (unpaired) electrons. The van der Waals surface area contributed by atoms with Gasteiger partial charge >= 0.3 is 0 Å². The Morgan fingerprint density at radius 2 is 1.62 bits per heavy atom. The van der Waals surface area contributed by atoms with Crippen LogP contribution >= 0.6 is 23.4 Å². The molecular formula is C30H32ClFN2O2S. The van der Waals surface area contributed by atoms with Crippen LogP contribution in [0.4, 0.5) is 4.39 Å². The molecule has 1 fully saturated rings. The molecule has 7 heteroatoms. The van der Waals surface area contributed by atoms with Gasteiger partial charge in [0, 0.05) is 34.5 Å². The van der Waals surface area contributed by atoms with E-state index in [2.05, 4.69) is 5.32 Å². The molecule has 1 unspecified atom stereocenters. The normalized spacial score (nSPS) is 14.6. The summed E-state index contributed by atoms with van der Waals surface area (Å²) in [5, 5.41) is 3.83. The number of amides is 2. The molecule has 2 amide bonds. The fraction of sp³-hybridized carbons (Fsp3) is 0.333. The minimum atomic E-state index is -0.762. The van der Waals surface area contributed by atoms with E-state index >= 15 is 0 Å². The van der Waals surface area contributed by atoms with Crippen LogP contribution in [0.1, 0.15) is 43.2 Å². The molecule has 1 atom stereocenters. The summed E-state index contributed by atoms with van der Waals surface area (Å²) in [7, 11) is 0. The number of thioether (sulfide) groups is 1. The van der Waals surface area contributed by atoms with Gasteiger partial charge in [0.05, 0.1) is 5.75 Å². The number of rotatable bonds is 10. The predicted molar refractivity (Wildman–Crippen MR) is 148 cm³/mol. The Morgan fingerprint density at radius 1 is 0.946 bits per heavy atom. The monoisotopic (exact) mass is 538 g/mol. The van der Waals surface area contributed by atoms with Crippen molar-refractivity contribution in [2.45, 2.75) is 62.0 Å². The number of benzene rings is 3. The number of carbonyl (C=O) groups excluding carboxylic acids is 2. The molecular weight excluding hydrogens is 507 g/mol. The average Bonchev–Trinajstić information content (AvgIpc) is 2.92. The van der Waals surface area contributed by atoms with Gasteiger partial charge < -0.3 is 10.2 Å². The summed E-state index contributed by atoms with van der Waals surface area (Å²) in [6.07, 6.45) is 5.59. The summed E-state index contributed by atoms with van der Waals surface area (Å²) < 4.78 is 14.7. The predicted octanol–water partition coefficient (Wildman–Crippen LogP) is 6.66. The van der Waals surface area contributed by atoms with E-state index in [1.54, 1.807) is 35.2 Å². The Bertz CT molecular complexity index is 1170. The van der Waals surface area contributed by atoms with Gasteiger partial charge in [0.15, 0.2) is 0 Å². The van der Waals surface area contributed by atoms with Crippen LogP contribution in [0.25, 0.3) is 0 Å². The van der Waals surface area contributed by atoms with Gasteiger partial charge in [-0.15, -0.1) is 11.8 Å². The molecule has 4 nitrogen and oxygen atoms in total. The van der Waals surface area contributed by atoms with Crippen molar-refractivity contribution in [1.29, 1.82) is 0 Å². The molecule has 37 heavy (non-hydrogen) atoms. The third-order valence-electron chi connectivity index (χ3n) is 6.70. The molecule has 1 saturated carbocycles. The van der Waals surface area contributed by atoms with E-state index in [-0.39, 0.29) is 30.2 Å². The molecule has 1 aliphatic rings. The fourth-order valence-corrected chi connectivity index (χ4v) is 5.58. The molecule has 0 aliphatic heterocycles. The van der Waals surface area contributed by atoms with Gasteiger partial charge in [0.25, 0.3) is 0 Å². The van der Waals surface area contributed by atoms with Crippen LogP contribution in [0.2, 0.25) is 5.02 Å². The van der Waals surface area contributed by atoms with E-state index in [1.165, 1.54) is 24.2 Å². The topological polar surface area (TPSA) is 49.4 Å². The highest BCUT2D eigenvalue weighted by Crippen LogP contribution is 2.24.